The van der Waals surface area contributed by atoms with Crippen molar-refractivity contribution in [1.82, 2.24) is 0 Å². The van der Waals surface area contributed by atoms with Crippen molar-refractivity contribution in [2.45, 2.75) is 177 Å². The maximum absolute atomic E-state index is 15.2. The Morgan fingerprint density at radius 2 is 1.32 bits per heavy atom. The topological polar surface area (TPSA) is 181 Å². The highest BCUT2D eigenvalue weighted by molar-refractivity contribution is 5.80. The van der Waals surface area contributed by atoms with Crippen LogP contribution in [0.15, 0.2) is 11.6 Å². The fraction of sp³-hybridized carbons (Fsp3) is 0.841. The highest BCUT2D eigenvalue weighted by Crippen LogP contribution is 2.76. The van der Waals surface area contributed by atoms with Crippen LogP contribution in [0.5, 0.6) is 0 Å². The van der Waals surface area contributed by atoms with Crippen LogP contribution >= 0.6 is 0 Å². The van der Waals surface area contributed by atoms with Crippen LogP contribution in [-0.2, 0) is 52.4 Å². The van der Waals surface area contributed by atoms with Gasteiger partial charge in [-0.3, -0.25) is 24.0 Å². The minimum absolute atomic E-state index is 0.0137. The van der Waals surface area contributed by atoms with Crippen LogP contribution in [0.3, 0.4) is 0 Å². The number of esters is 5. The third-order valence-corrected chi connectivity index (χ3v) is 16.2. The van der Waals surface area contributed by atoms with E-state index in [2.05, 4.69) is 54.5 Å². The Labute approximate surface area is 337 Å². The molecule has 13 heteroatoms. The summed E-state index contributed by atoms with van der Waals surface area (Å²) in [6.45, 7) is 20.0. The molecular weight excluding hydrogens is 736 g/mol. The van der Waals surface area contributed by atoms with Gasteiger partial charge < -0.3 is 38.6 Å². The summed E-state index contributed by atoms with van der Waals surface area (Å²) in [4.78, 5) is 64.4. The first-order valence-corrected chi connectivity index (χ1v) is 20.9. The van der Waals surface area contributed by atoms with Crippen molar-refractivity contribution >= 4 is 29.8 Å². The van der Waals surface area contributed by atoms with Crippen molar-refractivity contribution in [2.24, 2.45) is 50.2 Å². The summed E-state index contributed by atoms with van der Waals surface area (Å²) < 4.78 is 34.5. The molecule has 0 bridgehead atoms. The molecule has 0 radical (unpaired) electrons. The number of hydrogen-bond donors (Lipinski definition) is 2. The second-order valence-electron chi connectivity index (χ2n) is 20.3. The number of carbonyl (C=O) groups excluding carboxylic acids is 5. The van der Waals surface area contributed by atoms with Crippen LogP contribution in [0, 0.1) is 50.2 Å². The van der Waals surface area contributed by atoms with E-state index < -0.39 is 84.1 Å². The van der Waals surface area contributed by atoms with Crippen LogP contribution in [0.4, 0.5) is 0 Å². The number of aliphatic hydroxyl groups excluding tert-OH is 2. The lowest BCUT2D eigenvalue weighted by Gasteiger charge is -2.71. The zero-order valence-corrected chi connectivity index (χ0v) is 35.8. The van der Waals surface area contributed by atoms with Crippen molar-refractivity contribution in [2.75, 3.05) is 6.61 Å². The first kappa shape index (κ1) is 43.5. The van der Waals surface area contributed by atoms with Gasteiger partial charge in [-0.15, -0.1) is 0 Å². The van der Waals surface area contributed by atoms with Gasteiger partial charge >= 0.3 is 29.8 Å². The van der Waals surface area contributed by atoms with Crippen molar-refractivity contribution in [1.29, 1.82) is 0 Å². The number of carbonyl (C=O) groups is 5. The van der Waals surface area contributed by atoms with Crippen LogP contribution in [0.1, 0.15) is 134 Å². The molecular formula is C44H66O13. The lowest BCUT2D eigenvalue weighted by molar-refractivity contribution is -0.306. The van der Waals surface area contributed by atoms with E-state index in [-0.39, 0.29) is 33.7 Å². The van der Waals surface area contributed by atoms with Gasteiger partial charge in [-0.25, -0.2) is 0 Å². The van der Waals surface area contributed by atoms with Crippen molar-refractivity contribution in [3.8, 4) is 0 Å². The van der Waals surface area contributed by atoms with E-state index in [1.54, 1.807) is 0 Å². The molecule has 0 aromatic heterocycles. The molecule has 57 heavy (non-hydrogen) atoms. The maximum atomic E-state index is 15.2. The first-order chi connectivity index (χ1) is 26.3. The smallest absolute Gasteiger partial charge is 0.317 e. The van der Waals surface area contributed by atoms with Crippen LogP contribution in [0.2, 0.25) is 0 Å². The summed E-state index contributed by atoms with van der Waals surface area (Å²) in [5.41, 5.74) is -1.24. The fourth-order valence-electron chi connectivity index (χ4n) is 13.2. The molecule has 4 saturated carbocycles. The molecule has 6 aliphatic rings. The summed E-state index contributed by atoms with van der Waals surface area (Å²) >= 11 is 0. The molecule has 0 aromatic carbocycles. The summed E-state index contributed by atoms with van der Waals surface area (Å²) in [7, 11) is 0. The average molecular weight is 803 g/mol. The third kappa shape index (κ3) is 7.13. The highest BCUT2D eigenvalue weighted by atomic mass is 16.7. The number of hydrogen-bond acceptors (Lipinski definition) is 13. The molecule has 1 aliphatic heterocycles. The molecule has 0 aromatic rings. The normalized spacial score (nSPS) is 44.3. The van der Waals surface area contributed by atoms with Gasteiger partial charge in [0.2, 0.25) is 12.4 Å². The fourth-order valence-corrected chi connectivity index (χ4v) is 13.2. The lowest BCUT2D eigenvalue weighted by Crippen LogP contribution is -2.68. The van der Waals surface area contributed by atoms with E-state index in [4.69, 9.17) is 28.4 Å². The average Bonchev–Trinajstić information content (AvgIpc) is 3.08. The van der Waals surface area contributed by atoms with E-state index in [0.717, 1.165) is 52.9 Å². The summed E-state index contributed by atoms with van der Waals surface area (Å²) in [6.07, 6.45) is -0.174. The minimum Gasteiger partial charge on any atom is -0.463 e. The SMILES string of the molecule is CC(=O)OC[C@H]1O[C@@H](OC(=O)[C@]23CCC(C)(C)C[C@H]2C2=CC[C@@H]4[C@@]5(C)CC[C@H](O)C(C)(C)[C@@H]5CC[C@@]4(C)[C@]2(C)C[C@H]3O)[C@H](OC(C)=O)[C@@H](OC(C)=O)[C@H]1OC(C)=O. The van der Waals surface area contributed by atoms with Crippen molar-refractivity contribution < 1.29 is 62.6 Å². The Kier molecular flexibility index (Phi) is 11.4. The van der Waals surface area contributed by atoms with Crippen molar-refractivity contribution in [3.05, 3.63) is 11.6 Å². The largest absolute Gasteiger partial charge is 0.463 e. The molecule has 2 N–H and O–H groups in total. The molecule has 13 nitrogen and oxygen atoms in total. The summed E-state index contributed by atoms with van der Waals surface area (Å²) in [6, 6.07) is 0. The first-order valence-electron chi connectivity index (χ1n) is 20.9. The Balaban J connectivity index is 1.40. The van der Waals surface area contributed by atoms with Crippen LogP contribution in [0.25, 0.3) is 0 Å². The standard InChI is InChI=1S/C44H66O13/c1-23(45)52-22-29-34(53-24(2)46)35(54-25(3)47)36(55-26(4)48)37(56-29)57-38(51)44-19-18-39(5,6)20-28(44)27-12-13-31-41(9)16-15-32(49)40(7,8)30(41)14-17-42(31,10)43(27,11)21-33(44)50/h12,28-37,49-50H,13-22H2,1-11H3/t28-,29+,30-,31+,32-,33+,34-,35-,36+,37-,41-,42+,43+,44+/m0/s1. The number of fused-ring (bicyclic) bond motifs is 7. The number of allylic oxidation sites excluding steroid dienone is 2. The van der Waals surface area contributed by atoms with Gasteiger partial charge in [0.05, 0.1) is 12.2 Å². The minimum atomic E-state index is -1.69. The molecule has 14 atom stereocenters. The second-order valence-corrected chi connectivity index (χ2v) is 20.3. The monoisotopic (exact) mass is 802 g/mol. The van der Waals surface area contributed by atoms with E-state index in [1.165, 1.54) is 12.5 Å². The summed E-state index contributed by atoms with van der Waals surface area (Å²) in [5.74, 6) is -3.49. The van der Waals surface area contributed by atoms with E-state index in [9.17, 15) is 29.4 Å². The molecule has 5 aliphatic carbocycles. The Morgan fingerprint density at radius 3 is 1.93 bits per heavy atom. The molecule has 6 rings (SSSR count). The number of rotatable bonds is 7. The zero-order chi connectivity index (χ0) is 42.3. The molecule has 5 fully saturated rings. The molecule has 320 valence electrons. The number of aliphatic hydroxyl groups is 2. The van der Waals surface area contributed by atoms with Gasteiger partial charge in [-0.1, -0.05) is 60.1 Å². The Bertz CT molecular complexity index is 1670. The van der Waals surface area contributed by atoms with Gasteiger partial charge in [0.15, 0.2) is 12.2 Å². The van der Waals surface area contributed by atoms with Gasteiger partial charge in [0, 0.05) is 27.7 Å². The molecule has 0 amide bonds. The van der Waals surface area contributed by atoms with Gasteiger partial charge in [0.1, 0.15) is 18.1 Å². The maximum Gasteiger partial charge on any atom is 0.317 e. The molecule has 1 heterocycles. The van der Waals surface area contributed by atoms with Gasteiger partial charge in [0.25, 0.3) is 0 Å². The predicted molar refractivity (Wildman–Crippen MR) is 204 cm³/mol. The van der Waals surface area contributed by atoms with Gasteiger partial charge in [-0.2, -0.15) is 0 Å². The Morgan fingerprint density at radius 1 is 0.702 bits per heavy atom. The van der Waals surface area contributed by atoms with Crippen molar-refractivity contribution in [3.63, 3.8) is 0 Å². The van der Waals surface area contributed by atoms with E-state index in [0.29, 0.717) is 37.5 Å². The highest BCUT2D eigenvalue weighted by Gasteiger charge is 2.72. The molecule has 1 saturated heterocycles. The second kappa shape index (κ2) is 14.9. The van der Waals surface area contributed by atoms with E-state index >= 15 is 4.79 Å². The quantitative estimate of drug-likeness (QED) is 0.181. The lowest BCUT2D eigenvalue weighted by atomic mass is 9.33. The zero-order valence-electron chi connectivity index (χ0n) is 35.8. The predicted octanol–water partition coefficient (Wildman–Crippen LogP) is 5.75. The van der Waals surface area contributed by atoms with Gasteiger partial charge in [-0.05, 0) is 103 Å². The Hall–Kier alpha value is -3.03. The van der Waals surface area contributed by atoms with E-state index in [1.807, 2.05) is 0 Å². The number of ether oxygens (including phenoxy) is 6. The third-order valence-electron chi connectivity index (χ3n) is 16.2. The van der Waals surface area contributed by atoms with Crippen LogP contribution in [-0.4, -0.2) is 89.6 Å². The molecule has 0 spiro atoms. The van der Waals surface area contributed by atoms with Crippen LogP contribution < -0.4 is 0 Å². The molecule has 0 unspecified atom stereocenters. The summed E-state index contributed by atoms with van der Waals surface area (Å²) in [5, 5.41) is 23.8.